The third-order valence-corrected chi connectivity index (χ3v) is 6.41. The highest BCUT2D eigenvalue weighted by Crippen LogP contribution is 2.18. The smallest absolute Gasteiger partial charge is 0.254 e. The molecule has 0 N–H and O–H groups in total. The molecule has 0 atom stereocenters. The van der Waals surface area contributed by atoms with Crippen LogP contribution in [0.5, 0.6) is 5.75 Å². The molecule has 34 heavy (non-hydrogen) atoms. The lowest BCUT2D eigenvalue weighted by molar-refractivity contribution is -0.131. The lowest BCUT2D eigenvalue weighted by atomic mass is 9.99. The average molecular weight is 457 g/mol. The van der Waals surface area contributed by atoms with Crippen LogP contribution in [0.2, 0.25) is 0 Å². The summed E-state index contributed by atoms with van der Waals surface area (Å²) in [7, 11) is 1.65. The van der Waals surface area contributed by atoms with Crippen LogP contribution in [0.4, 0.5) is 0 Å². The van der Waals surface area contributed by atoms with Crippen LogP contribution in [0.3, 0.4) is 0 Å². The number of hydrogen-bond donors (Lipinski definition) is 0. The van der Waals surface area contributed by atoms with Gasteiger partial charge in [0, 0.05) is 38.2 Å². The first-order valence-electron chi connectivity index (χ1n) is 12.0. The number of hydrogen-bond acceptors (Lipinski definition) is 3. The molecule has 3 aromatic rings. The third kappa shape index (κ3) is 6.04. The van der Waals surface area contributed by atoms with Gasteiger partial charge in [-0.2, -0.15) is 0 Å². The second-order valence-electron chi connectivity index (χ2n) is 8.69. The fourth-order valence-corrected chi connectivity index (χ4v) is 4.44. The molecule has 0 saturated carbocycles. The molecular formula is C29H32N2O3. The summed E-state index contributed by atoms with van der Waals surface area (Å²) in [6.45, 7) is 2.50. The van der Waals surface area contributed by atoms with E-state index in [1.165, 1.54) is 5.56 Å². The Labute approximate surface area is 202 Å². The Balaban J connectivity index is 1.35. The molecule has 3 aromatic carbocycles. The molecular weight excluding hydrogens is 424 g/mol. The lowest BCUT2D eigenvalue weighted by Gasteiger charge is -2.23. The monoisotopic (exact) mass is 456 g/mol. The Morgan fingerprint density at radius 2 is 1.44 bits per heavy atom. The predicted octanol–water partition coefficient (Wildman–Crippen LogP) is 4.59. The second-order valence-corrected chi connectivity index (χ2v) is 8.69. The molecule has 1 fully saturated rings. The number of aryl methyl sites for hydroxylation is 1. The van der Waals surface area contributed by atoms with Crippen LogP contribution in [0.1, 0.15) is 39.9 Å². The van der Waals surface area contributed by atoms with E-state index >= 15 is 0 Å². The van der Waals surface area contributed by atoms with E-state index in [0.717, 1.165) is 35.3 Å². The highest BCUT2D eigenvalue weighted by Gasteiger charge is 2.24. The second kappa shape index (κ2) is 11.5. The standard InChI is InChI=1S/C29H32N2O3/c1-34-26-15-12-23(13-16-26)14-17-28(32)30-18-7-19-31(21-20-30)29(33)27-11-6-5-10-25(27)22-24-8-3-2-4-9-24/h2-6,8-13,15-16H,7,14,17-22H2,1H3. The van der Waals surface area contributed by atoms with Gasteiger partial charge in [0.15, 0.2) is 0 Å². The van der Waals surface area contributed by atoms with Gasteiger partial charge in [-0.1, -0.05) is 60.7 Å². The van der Waals surface area contributed by atoms with Gasteiger partial charge in [0.2, 0.25) is 5.91 Å². The van der Waals surface area contributed by atoms with Crippen molar-refractivity contribution in [3.63, 3.8) is 0 Å². The summed E-state index contributed by atoms with van der Waals surface area (Å²) in [4.78, 5) is 30.1. The highest BCUT2D eigenvalue weighted by molar-refractivity contribution is 5.96. The van der Waals surface area contributed by atoms with Crippen molar-refractivity contribution in [2.45, 2.75) is 25.7 Å². The predicted molar refractivity (Wildman–Crippen MR) is 134 cm³/mol. The first-order chi connectivity index (χ1) is 16.6. The van der Waals surface area contributed by atoms with Crippen LogP contribution in [-0.2, 0) is 17.6 Å². The molecule has 176 valence electrons. The number of benzene rings is 3. The van der Waals surface area contributed by atoms with Gasteiger partial charge in [0.25, 0.3) is 5.91 Å². The summed E-state index contributed by atoms with van der Waals surface area (Å²) in [6.07, 6.45) is 2.70. The summed E-state index contributed by atoms with van der Waals surface area (Å²) in [5, 5.41) is 0. The molecule has 5 nitrogen and oxygen atoms in total. The SMILES string of the molecule is COc1ccc(CCC(=O)N2CCCN(C(=O)c3ccccc3Cc3ccccc3)CC2)cc1. The zero-order valence-electron chi connectivity index (χ0n) is 19.8. The van der Waals surface area contributed by atoms with Gasteiger partial charge in [-0.15, -0.1) is 0 Å². The maximum Gasteiger partial charge on any atom is 0.254 e. The van der Waals surface area contributed by atoms with E-state index in [2.05, 4.69) is 12.1 Å². The van der Waals surface area contributed by atoms with E-state index in [0.29, 0.717) is 39.0 Å². The van der Waals surface area contributed by atoms with Crippen molar-refractivity contribution in [2.75, 3.05) is 33.3 Å². The number of rotatable bonds is 7. The van der Waals surface area contributed by atoms with E-state index in [-0.39, 0.29) is 11.8 Å². The first-order valence-corrected chi connectivity index (χ1v) is 12.0. The quantitative estimate of drug-likeness (QED) is 0.522. The Hall–Kier alpha value is -3.60. The number of ether oxygens (including phenoxy) is 1. The minimum absolute atomic E-state index is 0.0547. The van der Waals surface area contributed by atoms with Gasteiger partial charge in [0.05, 0.1) is 7.11 Å². The molecule has 0 unspecified atom stereocenters. The lowest BCUT2D eigenvalue weighted by Crippen LogP contribution is -2.37. The maximum absolute atomic E-state index is 13.4. The first kappa shape index (κ1) is 23.6. The van der Waals surface area contributed by atoms with Gasteiger partial charge >= 0.3 is 0 Å². The van der Waals surface area contributed by atoms with Crippen molar-refractivity contribution in [2.24, 2.45) is 0 Å². The zero-order valence-corrected chi connectivity index (χ0v) is 19.8. The van der Waals surface area contributed by atoms with Crippen molar-refractivity contribution >= 4 is 11.8 Å². The molecule has 0 spiro atoms. The van der Waals surface area contributed by atoms with Crippen LogP contribution >= 0.6 is 0 Å². The number of carbonyl (C=O) groups is 2. The molecule has 1 heterocycles. The largest absolute Gasteiger partial charge is 0.497 e. The summed E-state index contributed by atoms with van der Waals surface area (Å²) in [5.41, 5.74) is 4.10. The molecule has 0 bridgehead atoms. The van der Waals surface area contributed by atoms with Gasteiger partial charge < -0.3 is 14.5 Å². The van der Waals surface area contributed by atoms with Crippen LogP contribution in [-0.4, -0.2) is 54.9 Å². The average Bonchev–Trinajstić information content (AvgIpc) is 3.15. The van der Waals surface area contributed by atoms with Crippen LogP contribution in [0.15, 0.2) is 78.9 Å². The minimum atomic E-state index is 0.0547. The van der Waals surface area contributed by atoms with Crippen molar-refractivity contribution < 1.29 is 14.3 Å². The van der Waals surface area contributed by atoms with Crippen molar-refractivity contribution in [1.29, 1.82) is 0 Å². The molecule has 1 aliphatic rings. The molecule has 1 saturated heterocycles. The summed E-state index contributed by atoms with van der Waals surface area (Å²) in [5.74, 6) is 1.02. The molecule has 1 aliphatic heterocycles. The van der Waals surface area contributed by atoms with Gasteiger partial charge in [-0.3, -0.25) is 9.59 Å². The summed E-state index contributed by atoms with van der Waals surface area (Å²) < 4.78 is 5.19. The molecule has 0 radical (unpaired) electrons. The molecule has 4 rings (SSSR count). The van der Waals surface area contributed by atoms with E-state index in [1.807, 2.05) is 76.5 Å². The number of carbonyl (C=O) groups excluding carboxylic acids is 2. The zero-order chi connectivity index (χ0) is 23.8. The third-order valence-electron chi connectivity index (χ3n) is 6.41. The van der Waals surface area contributed by atoms with Gasteiger partial charge in [-0.25, -0.2) is 0 Å². The topological polar surface area (TPSA) is 49.9 Å². The van der Waals surface area contributed by atoms with Gasteiger partial charge in [-0.05, 0) is 54.2 Å². The van der Waals surface area contributed by atoms with Gasteiger partial charge in [0.1, 0.15) is 5.75 Å². The fourth-order valence-electron chi connectivity index (χ4n) is 4.44. The van der Waals surface area contributed by atoms with Crippen LogP contribution < -0.4 is 4.74 Å². The Bertz CT molecular complexity index is 1100. The Morgan fingerprint density at radius 1 is 0.765 bits per heavy atom. The van der Waals surface area contributed by atoms with E-state index in [1.54, 1.807) is 7.11 Å². The van der Waals surface area contributed by atoms with Crippen molar-refractivity contribution in [1.82, 2.24) is 9.80 Å². The summed E-state index contributed by atoms with van der Waals surface area (Å²) >= 11 is 0. The van der Waals surface area contributed by atoms with Crippen molar-refractivity contribution in [3.05, 3.63) is 101 Å². The van der Waals surface area contributed by atoms with E-state index in [9.17, 15) is 9.59 Å². The Morgan fingerprint density at radius 3 is 2.21 bits per heavy atom. The Kier molecular flexibility index (Phi) is 7.97. The molecule has 5 heteroatoms. The maximum atomic E-state index is 13.4. The number of methoxy groups -OCH3 is 1. The van der Waals surface area contributed by atoms with E-state index < -0.39 is 0 Å². The number of nitrogens with zero attached hydrogens (tertiary/aromatic N) is 2. The van der Waals surface area contributed by atoms with E-state index in [4.69, 9.17) is 4.74 Å². The highest BCUT2D eigenvalue weighted by atomic mass is 16.5. The van der Waals surface area contributed by atoms with Crippen LogP contribution in [0.25, 0.3) is 0 Å². The van der Waals surface area contributed by atoms with Crippen molar-refractivity contribution in [3.8, 4) is 5.75 Å². The fraction of sp³-hybridized carbons (Fsp3) is 0.310. The normalized spacial score (nSPS) is 13.9. The summed E-state index contributed by atoms with van der Waals surface area (Å²) in [6, 6.07) is 25.9. The molecule has 2 amide bonds. The minimum Gasteiger partial charge on any atom is -0.497 e. The molecule has 0 aromatic heterocycles. The number of amides is 2. The molecule has 0 aliphatic carbocycles. The van der Waals surface area contributed by atoms with Crippen LogP contribution in [0, 0.1) is 0 Å².